The van der Waals surface area contributed by atoms with E-state index in [0.717, 1.165) is 17.7 Å². The molecule has 0 aliphatic rings. The number of amides is 1. The van der Waals surface area contributed by atoms with Gasteiger partial charge in [-0.05, 0) is 31.9 Å². The van der Waals surface area contributed by atoms with Crippen molar-refractivity contribution < 1.29 is 4.79 Å². The lowest BCUT2D eigenvalue weighted by Crippen LogP contribution is -2.29. The lowest BCUT2D eigenvalue weighted by Gasteiger charge is -2.16. The van der Waals surface area contributed by atoms with E-state index < -0.39 is 0 Å². The average Bonchev–Trinajstić information content (AvgIpc) is 2.77. The fourth-order valence-electron chi connectivity index (χ4n) is 1.86. The van der Waals surface area contributed by atoms with Gasteiger partial charge in [-0.2, -0.15) is 5.10 Å². The molecule has 0 saturated heterocycles. The van der Waals surface area contributed by atoms with Gasteiger partial charge in [-0.3, -0.25) is 14.9 Å². The van der Waals surface area contributed by atoms with Crippen LogP contribution in [0.2, 0.25) is 5.02 Å². The van der Waals surface area contributed by atoms with Crippen LogP contribution in [0.25, 0.3) is 0 Å². The van der Waals surface area contributed by atoms with Gasteiger partial charge in [0.25, 0.3) is 5.91 Å². The number of hydrogen-bond acceptors (Lipinski definition) is 3. The molecule has 0 aliphatic heterocycles. The van der Waals surface area contributed by atoms with Gasteiger partial charge >= 0.3 is 0 Å². The van der Waals surface area contributed by atoms with Crippen molar-refractivity contribution in [2.45, 2.75) is 33.2 Å². The number of aromatic amines is 1. The number of pyridine rings is 1. The van der Waals surface area contributed by atoms with E-state index in [0.29, 0.717) is 10.7 Å². The van der Waals surface area contributed by atoms with Crippen molar-refractivity contribution >= 4 is 17.5 Å². The third-order valence-corrected chi connectivity index (χ3v) is 3.55. The van der Waals surface area contributed by atoms with E-state index in [4.69, 9.17) is 11.6 Å². The molecule has 6 heteroatoms. The van der Waals surface area contributed by atoms with Gasteiger partial charge in [0.15, 0.2) is 5.69 Å². The molecular formula is C14H17ClN4O. The number of H-pyrrole nitrogens is 1. The molecule has 1 amide bonds. The van der Waals surface area contributed by atoms with Crippen molar-refractivity contribution in [3.05, 3.63) is 46.0 Å². The zero-order valence-corrected chi connectivity index (χ0v) is 12.5. The van der Waals surface area contributed by atoms with Crippen LogP contribution < -0.4 is 5.32 Å². The number of aryl methyl sites for hydroxylation is 2. The summed E-state index contributed by atoms with van der Waals surface area (Å²) in [5.41, 5.74) is 2.81. The predicted molar refractivity (Wildman–Crippen MR) is 77.8 cm³/mol. The summed E-state index contributed by atoms with van der Waals surface area (Å²) in [6.45, 7) is 5.73. The van der Waals surface area contributed by atoms with Crippen molar-refractivity contribution in [3.8, 4) is 0 Å². The van der Waals surface area contributed by atoms with E-state index in [-0.39, 0.29) is 17.6 Å². The lowest BCUT2D eigenvalue weighted by molar-refractivity contribution is 0.0929. The number of halogens is 1. The second-order valence-corrected chi connectivity index (χ2v) is 5.08. The van der Waals surface area contributed by atoms with Gasteiger partial charge in [-0.25, -0.2) is 0 Å². The van der Waals surface area contributed by atoms with Crippen molar-refractivity contribution in [1.82, 2.24) is 20.5 Å². The van der Waals surface area contributed by atoms with Crippen LogP contribution in [0.15, 0.2) is 18.3 Å². The number of hydrogen-bond donors (Lipinski definition) is 2. The summed E-state index contributed by atoms with van der Waals surface area (Å²) >= 11 is 6.03. The third kappa shape index (κ3) is 2.99. The second-order valence-electron chi connectivity index (χ2n) is 4.71. The van der Waals surface area contributed by atoms with Gasteiger partial charge in [0, 0.05) is 6.20 Å². The molecule has 0 unspecified atom stereocenters. The number of rotatable bonds is 4. The molecule has 0 spiro atoms. The van der Waals surface area contributed by atoms with Crippen LogP contribution in [0.4, 0.5) is 0 Å². The van der Waals surface area contributed by atoms with Crippen molar-refractivity contribution in [2.75, 3.05) is 0 Å². The maximum atomic E-state index is 12.2. The maximum Gasteiger partial charge on any atom is 0.273 e. The topological polar surface area (TPSA) is 70.7 Å². The minimum atomic E-state index is -0.298. The zero-order valence-electron chi connectivity index (χ0n) is 11.7. The number of nitrogens with zero attached hydrogens (tertiary/aromatic N) is 2. The Morgan fingerprint density at radius 2 is 2.20 bits per heavy atom. The minimum Gasteiger partial charge on any atom is -0.342 e. The van der Waals surface area contributed by atoms with E-state index >= 15 is 0 Å². The molecule has 5 nitrogen and oxygen atoms in total. The van der Waals surface area contributed by atoms with Crippen LogP contribution >= 0.6 is 11.6 Å². The Hall–Kier alpha value is -1.88. The largest absolute Gasteiger partial charge is 0.342 e. The molecule has 0 bridgehead atoms. The average molecular weight is 293 g/mol. The molecule has 0 aromatic carbocycles. The van der Waals surface area contributed by atoms with Gasteiger partial charge in [0.2, 0.25) is 0 Å². The summed E-state index contributed by atoms with van der Waals surface area (Å²) in [5.74, 6) is -0.298. The Balaban J connectivity index is 2.16. The Labute approximate surface area is 122 Å². The molecule has 0 saturated carbocycles. The maximum absolute atomic E-state index is 12.2. The van der Waals surface area contributed by atoms with Crippen LogP contribution in [-0.2, 0) is 0 Å². The fourth-order valence-corrected chi connectivity index (χ4v) is 2.03. The molecule has 0 fully saturated rings. The molecule has 2 aromatic heterocycles. The molecule has 0 aliphatic carbocycles. The number of nitrogens with one attached hydrogen (secondary N) is 2. The smallest absolute Gasteiger partial charge is 0.273 e. The van der Waals surface area contributed by atoms with Crippen molar-refractivity contribution in [2.24, 2.45) is 0 Å². The highest BCUT2D eigenvalue weighted by molar-refractivity contribution is 6.34. The second kappa shape index (κ2) is 6.05. The van der Waals surface area contributed by atoms with Crippen molar-refractivity contribution in [3.63, 3.8) is 0 Å². The standard InChI is InChI=1S/C14H17ClN4O/c1-4-10(11-6-5-8(2)7-16-11)17-14(20)13-12(15)9(3)18-19-13/h5-7,10H,4H2,1-3H3,(H,17,20)(H,18,19)/t10-/m1/s1. The minimum absolute atomic E-state index is 0.156. The van der Waals surface area contributed by atoms with Crippen molar-refractivity contribution in [1.29, 1.82) is 0 Å². The monoisotopic (exact) mass is 292 g/mol. The van der Waals surface area contributed by atoms with Gasteiger partial charge in [-0.15, -0.1) is 0 Å². The molecule has 2 rings (SSSR count). The van der Waals surface area contributed by atoms with Gasteiger partial charge in [-0.1, -0.05) is 24.6 Å². The van der Waals surface area contributed by atoms with Gasteiger partial charge in [0.05, 0.1) is 22.5 Å². The summed E-state index contributed by atoms with van der Waals surface area (Å²) in [4.78, 5) is 16.5. The Morgan fingerprint density at radius 1 is 1.45 bits per heavy atom. The zero-order chi connectivity index (χ0) is 14.7. The molecule has 0 radical (unpaired) electrons. The molecule has 2 heterocycles. The summed E-state index contributed by atoms with van der Waals surface area (Å²) in [6, 6.07) is 3.74. The SMILES string of the molecule is CC[C@@H](NC(=O)c1n[nH]c(C)c1Cl)c1ccc(C)cn1. The highest BCUT2D eigenvalue weighted by atomic mass is 35.5. The highest BCUT2D eigenvalue weighted by Crippen LogP contribution is 2.19. The molecule has 2 aromatic rings. The summed E-state index contributed by atoms with van der Waals surface area (Å²) in [5, 5.41) is 9.88. The Kier molecular flexibility index (Phi) is 4.39. The third-order valence-electron chi connectivity index (χ3n) is 3.09. The first-order chi connectivity index (χ1) is 9.52. The molecule has 1 atom stereocenters. The first kappa shape index (κ1) is 14.5. The fraction of sp³-hybridized carbons (Fsp3) is 0.357. The summed E-state index contributed by atoms with van der Waals surface area (Å²) in [6.07, 6.45) is 2.53. The first-order valence-electron chi connectivity index (χ1n) is 6.46. The quantitative estimate of drug-likeness (QED) is 0.910. The summed E-state index contributed by atoms with van der Waals surface area (Å²) in [7, 11) is 0. The van der Waals surface area contributed by atoms with Crippen LogP contribution in [0.3, 0.4) is 0 Å². The number of aromatic nitrogens is 3. The Morgan fingerprint density at radius 3 is 2.70 bits per heavy atom. The normalized spacial score (nSPS) is 12.2. The number of carbonyl (C=O) groups is 1. The molecule has 106 valence electrons. The molecule has 20 heavy (non-hydrogen) atoms. The number of carbonyl (C=O) groups excluding carboxylic acids is 1. The Bertz CT molecular complexity index is 606. The molecular weight excluding hydrogens is 276 g/mol. The predicted octanol–water partition coefficient (Wildman–Crippen LogP) is 2.96. The lowest BCUT2D eigenvalue weighted by atomic mass is 10.1. The van der Waals surface area contributed by atoms with Crippen LogP contribution in [0.5, 0.6) is 0 Å². The van der Waals surface area contributed by atoms with E-state index in [1.54, 1.807) is 13.1 Å². The highest BCUT2D eigenvalue weighted by Gasteiger charge is 2.20. The first-order valence-corrected chi connectivity index (χ1v) is 6.84. The molecule has 2 N–H and O–H groups in total. The van der Waals surface area contributed by atoms with Gasteiger partial charge < -0.3 is 5.32 Å². The summed E-state index contributed by atoms with van der Waals surface area (Å²) < 4.78 is 0. The van der Waals surface area contributed by atoms with Crippen LogP contribution in [-0.4, -0.2) is 21.1 Å². The van der Waals surface area contributed by atoms with E-state index in [1.807, 2.05) is 26.0 Å². The van der Waals surface area contributed by atoms with E-state index in [1.165, 1.54) is 0 Å². The van der Waals surface area contributed by atoms with Crippen LogP contribution in [0.1, 0.15) is 46.8 Å². The van der Waals surface area contributed by atoms with Gasteiger partial charge in [0.1, 0.15) is 0 Å². The van der Waals surface area contributed by atoms with Crippen LogP contribution in [0, 0.1) is 13.8 Å². The van der Waals surface area contributed by atoms with E-state index in [2.05, 4.69) is 20.5 Å². The van der Waals surface area contributed by atoms with E-state index in [9.17, 15) is 4.79 Å².